The highest BCUT2D eigenvalue weighted by atomic mass is 35.5. The summed E-state index contributed by atoms with van der Waals surface area (Å²) in [6.07, 6.45) is 1.69. The van der Waals surface area contributed by atoms with E-state index in [1.807, 2.05) is 37.3 Å². The third-order valence-corrected chi connectivity index (χ3v) is 7.72. The lowest BCUT2D eigenvalue weighted by atomic mass is 10.0. The molecule has 1 aliphatic rings. The number of halogens is 1. The molecule has 1 amide bonds. The molecule has 0 radical (unpaired) electrons. The minimum Gasteiger partial charge on any atom is -0.351 e. The second-order valence-electron chi connectivity index (χ2n) is 7.75. The Morgan fingerprint density at radius 3 is 2.48 bits per heavy atom. The summed E-state index contributed by atoms with van der Waals surface area (Å²) < 4.78 is 27.5. The largest absolute Gasteiger partial charge is 0.351 e. The Bertz CT molecular complexity index is 955. The van der Waals surface area contributed by atoms with Crippen molar-refractivity contribution < 1.29 is 13.2 Å². The Kier molecular flexibility index (Phi) is 6.98. The van der Waals surface area contributed by atoms with E-state index in [9.17, 15) is 13.2 Å². The van der Waals surface area contributed by atoms with Gasteiger partial charge in [0, 0.05) is 19.6 Å². The summed E-state index contributed by atoms with van der Waals surface area (Å²) in [4.78, 5) is 12.8. The second-order valence-corrected chi connectivity index (χ2v) is 10.1. The molecule has 29 heavy (non-hydrogen) atoms. The molecule has 7 heteroatoms. The van der Waals surface area contributed by atoms with E-state index in [0.717, 1.165) is 18.4 Å². The number of carbonyl (C=O) groups excluding carboxylic acids is 1. The van der Waals surface area contributed by atoms with Gasteiger partial charge < -0.3 is 5.32 Å². The van der Waals surface area contributed by atoms with Crippen LogP contribution in [0.2, 0.25) is 5.02 Å². The molecule has 1 N–H and O–H groups in total. The monoisotopic (exact) mass is 434 g/mol. The first kappa shape index (κ1) is 21.8. The molecule has 1 aliphatic heterocycles. The third kappa shape index (κ3) is 5.18. The summed E-state index contributed by atoms with van der Waals surface area (Å²) in [7, 11) is -3.64. The summed E-state index contributed by atoms with van der Waals surface area (Å²) in [6.45, 7) is 5.59. The SMILES string of the molecule is CC1CCN(S(=O)(=O)c2ccc(Cl)c(C(=O)NC[C@@H](C)c3ccccc3)c2)CC1. The lowest BCUT2D eigenvalue weighted by Crippen LogP contribution is -2.38. The topological polar surface area (TPSA) is 66.5 Å². The molecule has 2 aromatic rings. The Hall–Kier alpha value is -1.89. The van der Waals surface area contributed by atoms with Gasteiger partial charge in [-0.15, -0.1) is 0 Å². The summed E-state index contributed by atoms with van der Waals surface area (Å²) in [5.41, 5.74) is 1.30. The van der Waals surface area contributed by atoms with Crippen LogP contribution in [0.15, 0.2) is 53.4 Å². The van der Waals surface area contributed by atoms with E-state index in [-0.39, 0.29) is 27.3 Å². The first-order chi connectivity index (χ1) is 13.8. The maximum atomic E-state index is 13.0. The second kappa shape index (κ2) is 9.28. The average molecular weight is 435 g/mol. The van der Waals surface area contributed by atoms with Crippen molar-refractivity contribution in [2.45, 2.75) is 37.5 Å². The molecule has 1 saturated heterocycles. The first-order valence-electron chi connectivity index (χ1n) is 9.92. The van der Waals surface area contributed by atoms with E-state index in [2.05, 4.69) is 12.2 Å². The van der Waals surface area contributed by atoms with Crippen LogP contribution in [0.25, 0.3) is 0 Å². The molecule has 0 bridgehead atoms. The zero-order valence-electron chi connectivity index (χ0n) is 16.8. The molecule has 0 aromatic heterocycles. The molecule has 0 spiro atoms. The Morgan fingerprint density at radius 2 is 1.83 bits per heavy atom. The number of rotatable bonds is 6. The number of piperidine rings is 1. The van der Waals surface area contributed by atoms with Gasteiger partial charge >= 0.3 is 0 Å². The molecule has 1 heterocycles. The van der Waals surface area contributed by atoms with Crippen molar-refractivity contribution in [2.24, 2.45) is 5.92 Å². The van der Waals surface area contributed by atoms with Crippen molar-refractivity contribution in [3.63, 3.8) is 0 Å². The fourth-order valence-electron chi connectivity index (χ4n) is 3.45. The fraction of sp³-hybridized carbons (Fsp3) is 0.409. The molecule has 1 fully saturated rings. The fourth-order valence-corrected chi connectivity index (χ4v) is 5.15. The molecule has 156 valence electrons. The van der Waals surface area contributed by atoms with Gasteiger partial charge in [0.05, 0.1) is 15.5 Å². The number of hydrogen-bond donors (Lipinski definition) is 1. The minimum atomic E-state index is -3.64. The van der Waals surface area contributed by atoms with Gasteiger partial charge in [-0.2, -0.15) is 4.31 Å². The normalized spacial score (nSPS) is 17.1. The Balaban J connectivity index is 1.73. The molecular weight excluding hydrogens is 408 g/mol. The van der Waals surface area contributed by atoms with Gasteiger partial charge in [-0.3, -0.25) is 4.79 Å². The molecule has 5 nitrogen and oxygen atoms in total. The minimum absolute atomic E-state index is 0.109. The molecular formula is C22H27ClN2O3S. The highest BCUT2D eigenvalue weighted by Gasteiger charge is 2.29. The highest BCUT2D eigenvalue weighted by molar-refractivity contribution is 7.89. The quantitative estimate of drug-likeness (QED) is 0.737. The van der Waals surface area contributed by atoms with Crippen LogP contribution >= 0.6 is 11.6 Å². The number of nitrogens with one attached hydrogen (secondary N) is 1. The van der Waals surface area contributed by atoms with E-state index in [4.69, 9.17) is 11.6 Å². The standard InChI is InChI=1S/C22H27ClN2O3S/c1-16-10-12-25(13-11-16)29(27,28)19-8-9-21(23)20(14-19)22(26)24-15-17(2)18-6-4-3-5-7-18/h3-9,14,16-17H,10-13,15H2,1-2H3,(H,24,26)/t17-/m1/s1. The molecule has 2 aromatic carbocycles. The molecule has 0 saturated carbocycles. The van der Waals surface area contributed by atoms with Gasteiger partial charge in [0.15, 0.2) is 0 Å². The number of carbonyl (C=O) groups is 1. The van der Waals surface area contributed by atoms with Crippen molar-refractivity contribution in [2.75, 3.05) is 19.6 Å². The number of benzene rings is 2. The molecule has 1 atom stereocenters. The van der Waals surface area contributed by atoms with Crippen molar-refractivity contribution in [1.82, 2.24) is 9.62 Å². The third-order valence-electron chi connectivity index (χ3n) is 5.50. The van der Waals surface area contributed by atoms with Crippen molar-refractivity contribution >= 4 is 27.5 Å². The van der Waals surface area contributed by atoms with Crippen molar-refractivity contribution in [3.8, 4) is 0 Å². The Labute approximate surface area is 178 Å². The van der Waals surface area contributed by atoms with Gasteiger partial charge in [0.2, 0.25) is 10.0 Å². The first-order valence-corrected chi connectivity index (χ1v) is 11.7. The van der Waals surface area contributed by atoms with Crippen molar-refractivity contribution in [1.29, 1.82) is 0 Å². The Morgan fingerprint density at radius 1 is 1.17 bits per heavy atom. The zero-order valence-corrected chi connectivity index (χ0v) is 18.3. The zero-order chi connectivity index (χ0) is 21.0. The van der Waals surface area contributed by atoms with Crippen LogP contribution in [0.3, 0.4) is 0 Å². The number of sulfonamides is 1. The van der Waals surface area contributed by atoms with E-state index in [1.54, 1.807) is 0 Å². The van der Waals surface area contributed by atoms with Gasteiger partial charge in [0.25, 0.3) is 5.91 Å². The van der Waals surface area contributed by atoms with E-state index in [0.29, 0.717) is 25.6 Å². The van der Waals surface area contributed by atoms with Crippen LogP contribution in [0.1, 0.15) is 48.5 Å². The van der Waals surface area contributed by atoms with Gasteiger partial charge in [-0.05, 0) is 48.4 Å². The van der Waals surface area contributed by atoms with E-state index >= 15 is 0 Å². The van der Waals surface area contributed by atoms with Crippen LogP contribution in [-0.4, -0.2) is 38.3 Å². The lowest BCUT2D eigenvalue weighted by Gasteiger charge is -2.29. The van der Waals surface area contributed by atoms with Gasteiger partial charge in [-0.1, -0.05) is 55.8 Å². The van der Waals surface area contributed by atoms with Crippen LogP contribution in [-0.2, 0) is 10.0 Å². The predicted molar refractivity (Wildman–Crippen MR) is 116 cm³/mol. The molecule has 0 unspecified atom stereocenters. The highest BCUT2D eigenvalue weighted by Crippen LogP contribution is 2.26. The summed E-state index contributed by atoms with van der Waals surface area (Å²) in [6, 6.07) is 14.2. The summed E-state index contributed by atoms with van der Waals surface area (Å²) >= 11 is 6.21. The average Bonchev–Trinajstić information content (AvgIpc) is 2.73. The maximum absolute atomic E-state index is 13.0. The van der Waals surface area contributed by atoms with Crippen LogP contribution in [0, 0.1) is 5.92 Å². The number of nitrogens with zero attached hydrogens (tertiary/aromatic N) is 1. The van der Waals surface area contributed by atoms with Gasteiger partial charge in [-0.25, -0.2) is 8.42 Å². The van der Waals surface area contributed by atoms with Crippen LogP contribution < -0.4 is 5.32 Å². The predicted octanol–water partition coefficient (Wildman–Crippen LogP) is 4.29. The molecule has 0 aliphatic carbocycles. The molecule has 3 rings (SSSR count). The lowest BCUT2D eigenvalue weighted by molar-refractivity contribution is 0.0951. The van der Waals surface area contributed by atoms with Crippen LogP contribution in [0.4, 0.5) is 0 Å². The van der Waals surface area contributed by atoms with E-state index in [1.165, 1.54) is 22.5 Å². The number of amides is 1. The maximum Gasteiger partial charge on any atom is 0.252 e. The van der Waals surface area contributed by atoms with Crippen LogP contribution in [0.5, 0.6) is 0 Å². The van der Waals surface area contributed by atoms with Crippen molar-refractivity contribution in [3.05, 3.63) is 64.7 Å². The summed E-state index contributed by atoms with van der Waals surface area (Å²) in [5.74, 6) is 0.280. The smallest absolute Gasteiger partial charge is 0.252 e. The van der Waals surface area contributed by atoms with Gasteiger partial charge in [0.1, 0.15) is 0 Å². The summed E-state index contributed by atoms with van der Waals surface area (Å²) in [5, 5.41) is 3.11. The number of hydrogen-bond acceptors (Lipinski definition) is 3. The van der Waals surface area contributed by atoms with E-state index < -0.39 is 10.0 Å².